The summed E-state index contributed by atoms with van der Waals surface area (Å²) in [5.41, 5.74) is 4.89. The number of hydrogen-bond acceptors (Lipinski definition) is 6. The van der Waals surface area contributed by atoms with Crippen LogP contribution in [0.3, 0.4) is 0 Å². The molecule has 0 spiro atoms. The van der Waals surface area contributed by atoms with Crippen molar-refractivity contribution >= 4 is 11.9 Å². The van der Waals surface area contributed by atoms with Gasteiger partial charge in [0, 0.05) is 24.3 Å². The molecule has 2 aromatic carbocycles. The summed E-state index contributed by atoms with van der Waals surface area (Å²) in [7, 11) is 0. The van der Waals surface area contributed by atoms with Crippen LogP contribution in [0.1, 0.15) is 86.8 Å². The standard InChI is InChI=1S/C30H42O6/c1-19-15-21(3)27(29(5,6)11-13-31)23(17-19)35-25(33)9-10-26(34)36-24-18-20(2)16-22(4)28(24)30(7,8)12-14-32/h15-18,31-32H,9-14H2,1-8H3. The fourth-order valence-corrected chi connectivity index (χ4v) is 5.11. The minimum atomic E-state index is -0.515. The third-order valence-corrected chi connectivity index (χ3v) is 6.70. The van der Waals surface area contributed by atoms with E-state index < -0.39 is 11.9 Å². The van der Waals surface area contributed by atoms with E-state index in [0.29, 0.717) is 24.3 Å². The van der Waals surface area contributed by atoms with Crippen molar-refractivity contribution in [1.29, 1.82) is 0 Å². The van der Waals surface area contributed by atoms with E-state index in [2.05, 4.69) is 0 Å². The van der Waals surface area contributed by atoms with Gasteiger partial charge < -0.3 is 19.7 Å². The first-order chi connectivity index (χ1) is 16.7. The summed E-state index contributed by atoms with van der Waals surface area (Å²) in [6.45, 7) is 15.9. The van der Waals surface area contributed by atoms with Crippen LogP contribution in [-0.4, -0.2) is 35.4 Å². The van der Waals surface area contributed by atoms with E-state index in [1.807, 2.05) is 79.7 Å². The van der Waals surface area contributed by atoms with E-state index in [-0.39, 0.29) is 36.9 Å². The lowest BCUT2D eigenvalue weighted by molar-refractivity contribution is -0.140. The van der Waals surface area contributed by atoms with Crippen molar-refractivity contribution in [2.45, 2.75) is 91.9 Å². The van der Waals surface area contributed by atoms with Gasteiger partial charge >= 0.3 is 11.9 Å². The molecule has 0 saturated heterocycles. The number of carbonyl (C=O) groups excluding carboxylic acids is 2. The number of hydrogen-bond donors (Lipinski definition) is 2. The molecule has 0 aliphatic heterocycles. The van der Waals surface area contributed by atoms with Crippen LogP contribution in [0, 0.1) is 27.7 Å². The van der Waals surface area contributed by atoms with Gasteiger partial charge in [0.2, 0.25) is 0 Å². The Morgan fingerprint density at radius 2 is 1.00 bits per heavy atom. The fourth-order valence-electron chi connectivity index (χ4n) is 5.11. The lowest BCUT2D eigenvalue weighted by atomic mass is 9.78. The molecule has 0 fully saturated rings. The van der Waals surface area contributed by atoms with Gasteiger partial charge in [-0.05, 0) is 85.8 Å². The Hall–Kier alpha value is -2.70. The topological polar surface area (TPSA) is 93.1 Å². The second-order valence-electron chi connectivity index (χ2n) is 11.1. The van der Waals surface area contributed by atoms with Crippen LogP contribution < -0.4 is 9.47 Å². The van der Waals surface area contributed by atoms with E-state index in [4.69, 9.17) is 9.47 Å². The highest BCUT2D eigenvalue weighted by molar-refractivity contribution is 5.81. The van der Waals surface area contributed by atoms with Crippen LogP contribution in [0.2, 0.25) is 0 Å². The molecule has 2 aromatic rings. The van der Waals surface area contributed by atoms with Crippen molar-refractivity contribution in [3.8, 4) is 11.5 Å². The highest BCUT2D eigenvalue weighted by Crippen LogP contribution is 2.39. The van der Waals surface area contributed by atoms with Crippen LogP contribution >= 0.6 is 0 Å². The molecule has 6 nitrogen and oxygen atoms in total. The molecule has 198 valence electrons. The van der Waals surface area contributed by atoms with Gasteiger partial charge in [0.05, 0.1) is 12.8 Å². The van der Waals surface area contributed by atoms with Gasteiger partial charge in [-0.1, -0.05) is 39.8 Å². The lowest BCUT2D eigenvalue weighted by Gasteiger charge is -2.29. The number of ether oxygens (including phenoxy) is 2. The molecule has 6 heteroatoms. The molecule has 0 radical (unpaired) electrons. The lowest BCUT2D eigenvalue weighted by Crippen LogP contribution is -2.24. The van der Waals surface area contributed by atoms with Crippen LogP contribution in [-0.2, 0) is 20.4 Å². The molecule has 0 amide bonds. The van der Waals surface area contributed by atoms with Gasteiger partial charge in [-0.15, -0.1) is 0 Å². The van der Waals surface area contributed by atoms with E-state index in [0.717, 1.165) is 33.4 Å². The second-order valence-corrected chi connectivity index (χ2v) is 11.1. The number of benzene rings is 2. The highest BCUT2D eigenvalue weighted by atomic mass is 16.5. The van der Waals surface area contributed by atoms with Gasteiger partial charge in [0.25, 0.3) is 0 Å². The van der Waals surface area contributed by atoms with Crippen molar-refractivity contribution in [3.05, 3.63) is 57.6 Å². The highest BCUT2D eigenvalue weighted by Gasteiger charge is 2.29. The Kier molecular flexibility index (Phi) is 9.86. The molecule has 0 atom stereocenters. The number of carbonyl (C=O) groups is 2. The zero-order chi connectivity index (χ0) is 27.3. The minimum absolute atomic E-state index is 0.0229. The van der Waals surface area contributed by atoms with Crippen LogP contribution in [0.5, 0.6) is 11.5 Å². The number of rotatable bonds is 11. The maximum atomic E-state index is 12.7. The summed E-state index contributed by atoms with van der Waals surface area (Å²) < 4.78 is 11.5. The first-order valence-corrected chi connectivity index (χ1v) is 12.6. The average molecular weight is 499 g/mol. The largest absolute Gasteiger partial charge is 0.426 e. The molecule has 2 N–H and O–H groups in total. The Balaban J connectivity index is 2.18. The van der Waals surface area contributed by atoms with E-state index in [1.54, 1.807) is 0 Å². The smallest absolute Gasteiger partial charge is 0.311 e. The number of aliphatic hydroxyl groups is 2. The zero-order valence-electron chi connectivity index (χ0n) is 23.1. The molecule has 0 saturated carbocycles. The SMILES string of the molecule is Cc1cc(C)c(C(C)(C)CCO)c(OC(=O)CCC(=O)Oc2cc(C)cc(C)c2C(C)(C)CCO)c1. The van der Waals surface area contributed by atoms with Crippen molar-refractivity contribution in [1.82, 2.24) is 0 Å². The zero-order valence-corrected chi connectivity index (χ0v) is 23.1. The molecule has 0 heterocycles. The Labute approximate surface area is 215 Å². The maximum Gasteiger partial charge on any atom is 0.311 e. The number of esters is 2. The molecule has 0 aliphatic rings. The van der Waals surface area contributed by atoms with Crippen molar-refractivity contribution < 1.29 is 29.3 Å². The number of aliphatic hydroxyl groups excluding tert-OH is 2. The first kappa shape index (κ1) is 29.5. The Morgan fingerprint density at radius 1 is 0.667 bits per heavy atom. The fraction of sp³-hybridized carbons (Fsp3) is 0.533. The summed E-state index contributed by atoms with van der Waals surface area (Å²) in [6.07, 6.45) is 0.814. The van der Waals surface area contributed by atoms with Gasteiger partial charge in [0.1, 0.15) is 11.5 Å². The second kappa shape index (κ2) is 12.0. The third kappa shape index (κ3) is 7.40. The molecular weight excluding hydrogens is 456 g/mol. The van der Waals surface area contributed by atoms with Gasteiger partial charge in [-0.2, -0.15) is 0 Å². The third-order valence-electron chi connectivity index (χ3n) is 6.70. The molecule has 0 unspecified atom stereocenters. The summed E-state index contributed by atoms with van der Waals surface area (Å²) in [5.74, 6) is -0.100. The molecule has 36 heavy (non-hydrogen) atoms. The monoisotopic (exact) mass is 498 g/mol. The first-order valence-electron chi connectivity index (χ1n) is 12.6. The molecular formula is C30H42O6. The molecule has 0 aromatic heterocycles. The van der Waals surface area contributed by atoms with Gasteiger partial charge in [-0.3, -0.25) is 9.59 Å². The molecule has 0 aliphatic carbocycles. The minimum Gasteiger partial charge on any atom is -0.426 e. The summed E-state index contributed by atoms with van der Waals surface area (Å²) in [5, 5.41) is 19.0. The van der Waals surface area contributed by atoms with E-state index >= 15 is 0 Å². The maximum absolute atomic E-state index is 12.7. The predicted octanol–water partition coefficient (Wildman–Crippen LogP) is 5.53. The van der Waals surface area contributed by atoms with Crippen molar-refractivity contribution in [2.75, 3.05) is 13.2 Å². The molecule has 2 rings (SSSR count). The quantitative estimate of drug-likeness (QED) is 0.312. The van der Waals surface area contributed by atoms with Gasteiger partial charge in [0.15, 0.2) is 0 Å². The Morgan fingerprint density at radius 3 is 1.31 bits per heavy atom. The van der Waals surface area contributed by atoms with Crippen molar-refractivity contribution in [2.24, 2.45) is 0 Å². The Bertz CT molecular complexity index is 1010. The molecule has 0 bridgehead atoms. The average Bonchev–Trinajstić information content (AvgIpc) is 2.70. The normalized spacial score (nSPS) is 11.9. The predicted molar refractivity (Wildman–Crippen MR) is 142 cm³/mol. The van der Waals surface area contributed by atoms with Crippen LogP contribution in [0.15, 0.2) is 24.3 Å². The van der Waals surface area contributed by atoms with Crippen LogP contribution in [0.25, 0.3) is 0 Å². The van der Waals surface area contributed by atoms with E-state index in [9.17, 15) is 19.8 Å². The van der Waals surface area contributed by atoms with Gasteiger partial charge in [-0.25, -0.2) is 0 Å². The summed E-state index contributed by atoms with van der Waals surface area (Å²) in [6, 6.07) is 7.71. The van der Waals surface area contributed by atoms with E-state index in [1.165, 1.54) is 0 Å². The summed E-state index contributed by atoms with van der Waals surface area (Å²) >= 11 is 0. The summed E-state index contributed by atoms with van der Waals surface area (Å²) in [4.78, 5) is 25.5. The van der Waals surface area contributed by atoms with Crippen LogP contribution in [0.4, 0.5) is 0 Å². The number of aryl methyl sites for hydroxylation is 4. The van der Waals surface area contributed by atoms with Crippen molar-refractivity contribution in [3.63, 3.8) is 0 Å².